The Bertz CT molecular complexity index is 450. The van der Waals surface area contributed by atoms with E-state index in [4.69, 9.17) is 4.74 Å². The number of pyridine rings is 1. The molecule has 1 aliphatic carbocycles. The number of carboxylic acids is 1. The number of carbonyl (C=O) groups is 1. The molecule has 1 fully saturated rings. The molecule has 0 unspecified atom stereocenters. The summed E-state index contributed by atoms with van der Waals surface area (Å²) in [6.45, 7) is 2.19. The number of carboxylic acid groups (broad SMARTS) is 1. The van der Waals surface area contributed by atoms with Crippen molar-refractivity contribution in [1.29, 1.82) is 0 Å². The van der Waals surface area contributed by atoms with Crippen molar-refractivity contribution < 1.29 is 14.6 Å². The highest BCUT2D eigenvalue weighted by Crippen LogP contribution is 2.41. The van der Waals surface area contributed by atoms with Crippen molar-refractivity contribution in [2.45, 2.75) is 39.0 Å². The van der Waals surface area contributed by atoms with Gasteiger partial charge in [-0.3, -0.25) is 4.79 Å². The van der Waals surface area contributed by atoms with Crippen LogP contribution in [0, 0.1) is 11.3 Å². The summed E-state index contributed by atoms with van der Waals surface area (Å²) in [4.78, 5) is 16.0. The predicted molar refractivity (Wildman–Crippen MR) is 72.2 cm³/mol. The van der Waals surface area contributed by atoms with Crippen molar-refractivity contribution in [2.75, 3.05) is 7.11 Å². The maximum atomic E-state index is 11.7. The summed E-state index contributed by atoms with van der Waals surface area (Å²) in [5.41, 5.74) is 0.155. The van der Waals surface area contributed by atoms with Gasteiger partial charge in [0.05, 0.1) is 12.5 Å². The average molecular weight is 263 g/mol. The van der Waals surface area contributed by atoms with Crippen LogP contribution in [0.1, 0.15) is 38.3 Å². The quantitative estimate of drug-likeness (QED) is 0.907. The lowest BCUT2D eigenvalue weighted by molar-refractivity contribution is -0.151. The van der Waals surface area contributed by atoms with Crippen LogP contribution in [0.15, 0.2) is 18.2 Å². The minimum Gasteiger partial charge on any atom is -0.481 e. The lowest BCUT2D eigenvalue weighted by Gasteiger charge is -2.35. The molecule has 1 aromatic rings. The summed E-state index contributed by atoms with van der Waals surface area (Å²) >= 11 is 0. The first-order valence-electron chi connectivity index (χ1n) is 6.79. The number of nitrogens with zero attached hydrogens (tertiary/aromatic N) is 1. The van der Waals surface area contributed by atoms with Gasteiger partial charge in [-0.1, -0.05) is 13.0 Å². The Labute approximate surface area is 113 Å². The molecule has 0 aromatic carbocycles. The van der Waals surface area contributed by atoms with Crippen molar-refractivity contribution in [3.05, 3.63) is 23.9 Å². The molecule has 0 aliphatic heterocycles. The number of aliphatic carboxylic acids is 1. The largest absolute Gasteiger partial charge is 0.481 e. The van der Waals surface area contributed by atoms with Gasteiger partial charge < -0.3 is 9.84 Å². The van der Waals surface area contributed by atoms with Gasteiger partial charge in [-0.25, -0.2) is 4.98 Å². The van der Waals surface area contributed by atoms with Crippen molar-refractivity contribution in [3.8, 4) is 5.88 Å². The second-order valence-electron chi connectivity index (χ2n) is 5.62. The zero-order chi connectivity index (χ0) is 13.9. The molecule has 1 N–H and O–H groups in total. The van der Waals surface area contributed by atoms with Crippen molar-refractivity contribution >= 4 is 5.97 Å². The fourth-order valence-corrected chi connectivity index (χ4v) is 2.80. The molecule has 1 heterocycles. The first kappa shape index (κ1) is 13.8. The van der Waals surface area contributed by atoms with Crippen LogP contribution in [0.2, 0.25) is 0 Å². The van der Waals surface area contributed by atoms with Crippen LogP contribution < -0.4 is 4.74 Å². The Hall–Kier alpha value is -1.58. The Morgan fingerprint density at radius 2 is 2.16 bits per heavy atom. The van der Waals surface area contributed by atoms with Gasteiger partial charge in [0.1, 0.15) is 0 Å². The van der Waals surface area contributed by atoms with Gasteiger partial charge >= 0.3 is 5.97 Å². The zero-order valence-electron chi connectivity index (χ0n) is 11.6. The highest BCUT2D eigenvalue weighted by molar-refractivity contribution is 5.75. The van der Waals surface area contributed by atoms with E-state index in [1.54, 1.807) is 13.2 Å². The summed E-state index contributed by atoms with van der Waals surface area (Å²) in [5, 5.41) is 9.60. The third kappa shape index (κ3) is 3.06. The first-order valence-corrected chi connectivity index (χ1v) is 6.79. The van der Waals surface area contributed by atoms with Crippen LogP contribution >= 0.6 is 0 Å². The fraction of sp³-hybridized carbons (Fsp3) is 0.600. The maximum absolute atomic E-state index is 11.7. The molecule has 4 heteroatoms. The van der Waals surface area contributed by atoms with E-state index >= 15 is 0 Å². The van der Waals surface area contributed by atoms with Gasteiger partial charge in [0.25, 0.3) is 0 Å². The predicted octanol–water partition coefficient (Wildman–Crippen LogP) is 2.91. The van der Waals surface area contributed by atoms with E-state index in [1.165, 1.54) is 0 Å². The number of ether oxygens (including phenoxy) is 1. The zero-order valence-corrected chi connectivity index (χ0v) is 11.6. The number of hydrogen-bond donors (Lipinski definition) is 1. The molecule has 0 radical (unpaired) electrons. The van der Waals surface area contributed by atoms with Crippen LogP contribution in [0.25, 0.3) is 0 Å². The summed E-state index contributed by atoms with van der Waals surface area (Å²) in [5.74, 6) is 0.483. The summed E-state index contributed by atoms with van der Waals surface area (Å²) in [7, 11) is 1.57. The Morgan fingerprint density at radius 1 is 1.47 bits per heavy atom. The minimum absolute atomic E-state index is 0.492. The van der Waals surface area contributed by atoms with Crippen molar-refractivity contribution in [3.63, 3.8) is 0 Å². The van der Waals surface area contributed by atoms with Gasteiger partial charge in [0.2, 0.25) is 5.88 Å². The van der Waals surface area contributed by atoms with Gasteiger partial charge in [0.15, 0.2) is 0 Å². The van der Waals surface area contributed by atoms with Gasteiger partial charge in [-0.15, -0.1) is 0 Å². The van der Waals surface area contributed by atoms with E-state index in [9.17, 15) is 9.90 Å². The standard InChI is InChI=1S/C15H21NO3/c1-11-6-8-15(9-7-11,14(17)18)10-12-4-3-5-13(16-12)19-2/h3-5,11H,6-10H2,1-2H3,(H,17,18). The van der Waals surface area contributed by atoms with E-state index in [0.29, 0.717) is 18.2 Å². The molecule has 1 aliphatic rings. The Balaban J connectivity index is 2.19. The average Bonchev–Trinajstić information content (AvgIpc) is 2.41. The van der Waals surface area contributed by atoms with Crippen LogP contribution in [0.3, 0.4) is 0 Å². The Kier molecular flexibility index (Phi) is 4.08. The molecular formula is C15H21NO3. The highest BCUT2D eigenvalue weighted by atomic mass is 16.5. The second kappa shape index (κ2) is 5.59. The van der Waals surface area contributed by atoms with E-state index in [1.807, 2.05) is 12.1 Å². The number of aromatic nitrogens is 1. The van der Waals surface area contributed by atoms with E-state index in [-0.39, 0.29) is 0 Å². The van der Waals surface area contributed by atoms with Gasteiger partial charge in [-0.2, -0.15) is 0 Å². The summed E-state index contributed by atoms with van der Waals surface area (Å²) < 4.78 is 5.10. The molecule has 19 heavy (non-hydrogen) atoms. The summed E-state index contributed by atoms with van der Waals surface area (Å²) in [6, 6.07) is 5.52. The molecule has 4 nitrogen and oxygen atoms in total. The molecule has 0 bridgehead atoms. The SMILES string of the molecule is COc1cccc(CC2(C(=O)O)CCC(C)CC2)n1. The normalized spacial score (nSPS) is 26.9. The minimum atomic E-state index is -0.691. The molecule has 2 rings (SSSR count). The van der Waals surface area contributed by atoms with E-state index < -0.39 is 11.4 Å². The molecule has 0 amide bonds. The maximum Gasteiger partial charge on any atom is 0.310 e. The van der Waals surface area contributed by atoms with Crippen molar-refractivity contribution in [2.24, 2.45) is 11.3 Å². The van der Waals surface area contributed by atoms with E-state index in [2.05, 4.69) is 11.9 Å². The monoisotopic (exact) mass is 263 g/mol. The third-order valence-corrected chi connectivity index (χ3v) is 4.19. The Morgan fingerprint density at radius 3 is 2.74 bits per heavy atom. The second-order valence-corrected chi connectivity index (χ2v) is 5.62. The van der Waals surface area contributed by atoms with Crippen LogP contribution in [-0.2, 0) is 11.2 Å². The van der Waals surface area contributed by atoms with Crippen LogP contribution in [-0.4, -0.2) is 23.2 Å². The first-order chi connectivity index (χ1) is 9.05. The molecule has 1 aromatic heterocycles. The lowest BCUT2D eigenvalue weighted by Crippen LogP contribution is -2.37. The smallest absolute Gasteiger partial charge is 0.310 e. The summed E-state index contributed by atoms with van der Waals surface area (Å²) in [6.07, 6.45) is 3.93. The molecule has 1 saturated carbocycles. The molecule has 0 atom stereocenters. The molecular weight excluding hydrogens is 242 g/mol. The van der Waals surface area contributed by atoms with Crippen LogP contribution in [0.4, 0.5) is 0 Å². The van der Waals surface area contributed by atoms with Gasteiger partial charge in [0, 0.05) is 18.2 Å². The van der Waals surface area contributed by atoms with Gasteiger partial charge in [-0.05, 0) is 37.7 Å². The molecule has 0 saturated heterocycles. The van der Waals surface area contributed by atoms with Crippen LogP contribution in [0.5, 0.6) is 5.88 Å². The molecule has 0 spiro atoms. The highest BCUT2D eigenvalue weighted by Gasteiger charge is 2.41. The topological polar surface area (TPSA) is 59.4 Å². The number of methoxy groups -OCH3 is 1. The third-order valence-electron chi connectivity index (χ3n) is 4.19. The van der Waals surface area contributed by atoms with Crippen molar-refractivity contribution in [1.82, 2.24) is 4.98 Å². The number of hydrogen-bond acceptors (Lipinski definition) is 3. The molecule has 104 valence electrons. The number of rotatable bonds is 4. The van der Waals surface area contributed by atoms with E-state index in [0.717, 1.165) is 31.4 Å². The lowest BCUT2D eigenvalue weighted by atomic mass is 9.68. The fourth-order valence-electron chi connectivity index (χ4n) is 2.80.